The molecule has 3 unspecified atom stereocenters. The van der Waals surface area contributed by atoms with Crippen LogP contribution in [0.2, 0.25) is 0 Å². The standard InChI is InChI=1S/C20H31N3O2.2ClH/c1-25-18-9-5-6-15(13-18)19(23-10-2-3-11-23)14-22-20(24)16-7-4-8-17(21)12-16;;/h5-6,9,13,16-17,19H,2-4,7-8,10-12,14,21H2,1H3,(H,22,24);2*1H. The SMILES string of the molecule is COc1cccc(C(CNC(=O)C2CCCC(N)C2)N2CCCC2)c1.Cl.Cl. The molecule has 3 rings (SSSR count). The van der Waals surface area contributed by atoms with Gasteiger partial charge in [0.15, 0.2) is 0 Å². The molecule has 1 saturated heterocycles. The Morgan fingerprint density at radius 1 is 1.26 bits per heavy atom. The lowest BCUT2D eigenvalue weighted by molar-refractivity contribution is -0.126. The molecular weight excluding hydrogens is 385 g/mol. The summed E-state index contributed by atoms with van der Waals surface area (Å²) in [6, 6.07) is 8.60. The maximum Gasteiger partial charge on any atom is 0.223 e. The van der Waals surface area contributed by atoms with Crippen LogP contribution < -0.4 is 15.8 Å². The van der Waals surface area contributed by atoms with Crippen LogP contribution in [0.3, 0.4) is 0 Å². The zero-order valence-electron chi connectivity index (χ0n) is 16.1. The van der Waals surface area contributed by atoms with Gasteiger partial charge in [0.25, 0.3) is 0 Å². The van der Waals surface area contributed by atoms with Gasteiger partial charge in [-0.1, -0.05) is 18.6 Å². The minimum Gasteiger partial charge on any atom is -0.497 e. The Morgan fingerprint density at radius 2 is 2.00 bits per heavy atom. The lowest BCUT2D eigenvalue weighted by atomic mass is 9.85. The number of methoxy groups -OCH3 is 1. The smallest absolute Gasteiger partial charge is 0.223 e. The van der Waals surface area contributed by atoms with Crippen LogP contribution in [-0.4, -0.2) is 43.6 Å². The molecule has 3 N–H and O–H groups in total. The van der Waals surface area contributed by atoms with Crippen molar-refractivity contribution in [1.29, 1.82) is 0 Å². The molecule has 2 fully saturated rings. The minimum absolute atomic E-state index is 0. The molecule has 0 bridgehead atoms. The van der Waals surface area contributed by atoms with Crippen molar-refractivity contribution >= 4 is 30.7 Å². The van der Waals surface area contributed by atoms with E-state index in [-0.39, 0.29) is 48.7 Å². The highest BCUT2D eigenvalue weighted by Crippen LogP contribution is 2.28. The first-order valence-corrected chi connectivity index (χ1v) is 9.58. The summed E-state index contributed by atoms with van der Waals surface area (Å²) < 4.78 is 5.38. The normalized spacial score (nSPS) is 23.6. The highest BCUT2D eigenvalue weighted by molar-refractivity contribution is 5.85. The number of nitrogens with zero attached hydrogens (tertiary/aromatic N) is 1. The highest BCUT2D eigenvalue weighted by Gasteiger charge is 2.28. The average Bonchev–Trinajstić information content (AvgIpc) is 3.16. The number of amides is 1. The molecule has 27 heavy (non-hydrogen) atoms. The lowest BCUT2D eigenvalue weighted by Crippen LogP contribution is -2.41. The van der Waals surface area contributed by atoms with Crippen molar-refractivity contribution < 1.29 is 9.53 Å². The molecule has 2 aliphatic rings. The van der Waals surface area contributed by atoms with E-state index in [0.717, 1.165) is 44.5 Å². The van der Waals surface area contributed by atoms with Gasteiger partial charge in [0, 0.05) is 18.5 Å². The molecule has 1 aromatic carbocycles. The monoisotopic (exact) mass is 417 g/mol. The van der Waals surface area contributed by atoms with E-state index >= 15 is 0 Å². The van der Waals surface area contributed by atoms with Gasteiger partial charge in [-0.25, -0.2) is 0 Å². The van der Waals surface area contributed by atoms with Crippen molar-refractivity contribution in [3.8, 4) is 5.75 Å². The van der Waals surface area contributed by atoms with Crippen LogP contribution in [0.1, 0.15) is 50.1 Å². The molecule has 7 heteroatoms. The second-order valence-corrected chi connectivity index (χ2v) is 7.40. The van der Waals surface area contributed by atoms with Gasteiger partial charge in [-0.05, 0) is 62.9 Å². The fourth-order valence-electron chi connectivity index (χ4n) is 4.17. The van der Waals surface area contributed by atoms with Gasteiger partial charge >= 0.3 is 0 Å². The number of ether oxygens (including phenoxy) is 1. The molecule has 3 atom stereocenters. The summed E-state index contributed by atoms with van der Waals surface area (Å²) in [4.78, 5) is 15.1. The maximum absolute atomic E-state index is 12.6. The summed E-state index contributed by atoms with van der Waals surface area (Å²) in [5.74, 6) is 1.11. The van der Waals surface area contributed by atoms with Crippen molar-refractivity contribution in [2.75, 3.05) is 26.7 Å². The number of nitrogens with one attached hydrogen (secondary N) is 1. The van der Waals surface area contributed by atoms with Gasteiger partial charge in [-0.15, -0.1) is 24.8 Å². The number of likely N-dealkylation sites (tertiary alicyclic amines) is 1. The average molecular weight is 418 g/mol. The molecule has 0 radical (unpaired) electrons. The Bertz CT molecular complexity index is 582. The van der Waals surface area contributed by atoms with Gasteiger partial charge in [-0.3, -0.25) is 9.69 Å². The molecule has 0 spiro atoms. The van der Waals surface area contributed by atoms with Crippen molar-refractivity contribution in [1.82, 2.24) is 10.2 Å². The number of benzene rings is 1. The Kier molecular flexibility index (Phi) is 10.5. The Hall–Kier alpha value is -1.01. The molecule has 154 valence electrons. The first-order chi connectivity index (χ1) is 12.2. The van der Waals surface area contributed by atoms with E-state index in [1.165, 1.54) is 18.4 Å². The molecule has 1 aromatic rings. The van der Waals surface area contributed by atoms with E-state index < -0.39 is 0 Å². The van der Waals surface area contributed by atoms with Gasteiger partial charge in [-0.2, -0.15) is 0 Å². The van der Waals surface area contributed by atoms with Crippen LogP contribution in [0.4, 0.5) is 0 Å². The van der Waals surface area contributed by atoms with E-state index in [0.29, 0.717) is 6.54 Å². The summed E-state index contributed by atoms with van der Waals surface area (Å²) in [5.41, 5.74) is 7.25. The predicted octanol–water partition coefficient (Wildman–Crippen LogP) is 3.31. The Labute approximate surface area is 175 Å². The number of halogens is 2. The number of rotatable bonds is 6. The van der Waals surface area contributed by atoms with E-state index in [1.54, 1.807) is 7.11 Å². The number of carbonyl (C=O) groups is 1. The molecule has 1 aliphatic carbocycles. The van der Waals surface area contributed by atoms with Gasteiger partial charge in [0.05, 0.1) is 13.2 Å². The quantitative estimate of drug-likeness (QED) is 0.744. The highest BCUT2D eigenvalue weighted by atomic mass is 35.5. The molecule has 5 nitrogen and oxygen atoms in total. The summed E-state index contributed by atoms with van der Waals surface area (Å²) in [6.07, 6.45) is 6.35. The van der Waals surface area contributed by atoms with Crippen LogP contribution in [0.25, 0.3) is 0 Å². The maximum atomic E-state index is 12.6. The van der Waals surface area contributed by atoms with Crippen LogP contribution in [0.15, 0.2) is 24.3 Å². The number of hydrogen-bond donors (Lipinski definition) is 2. The van der Waals surface area contributed by atoms with Gasteiger partial charge in [0.2, 0.25) is 5.91 Å². The molecule has 1 aliphatic heterocycles. The summed E-state index contributed by atoms with van der Waals surface area (Å²) in [5, 5.41) is 3.21. The predicted molar refractivity (Wildman–Crippen MR) is 114 cm³/mol. The number of carbonyl (C=O) groups excluding carboxylic acids is 1. The largest absolute Gasteiger partial charge is 0.497 e. The Morgan fingerprint density at radius 3 is 2.67 bits per heavy atom. The zero-order chi connectivity index (χ0) is 17.6. The molecule has 1 heterocycles. The summed E-state index contributed by atoms with van der Waals surface area (Å²) in [7, 11) is 1.69. The minimum atomic E-state index is 0. The second kappa shape index (κ2) is 11.7. The van der Waals surface area contributed by atoms with E-state index in [9.17, 15) is 4.79 Å². The first kappa shape index (κ1) is 24.0. The van der Waals surface area contributed by atoms with Crippen molar-refractivity contribution in [2.45, 2.75) is 50.6 Å². The second-order valence-electron chi connectivity index (χ2n) is 7.40. The summed E-state index contributed by atoms with van der Waals surface area (Å²) >= 11 is 0. The third-order valence-electron chi connectivity index (χ3n) is 5.62. The number of hydrogen-bond acceptors (Lipinski definition) is 4. The third-order valence-corrected chi connectivity index (χ3v) is 5.62. The third kappa shape index (κ3) is 6.53. The zero-order valence-corrected chi connectivity index (χ0v) is 17.7. The first-order valence-electron chi connectivity index (χ1n) is 9.58. The Balaban J connectivity index is 0.00000182. The fraction of sp³-hybridized carbons (Fsp3) is 0.650. The van der Waals surface area contributed by atoms with Crippen LogP contribution in [-0.2, 0) is 4.79 Å². The van der Waals surface area contributed by atoms with Gasteiger partial charge in [0.1, 0.15) is 5.75 Å². The van der Waals surface area contributed by atoms with Crippen LogP contribution >= 0.6 is 24.8 Å². The topological polar surface area (TPSA) is 67.6 Å². The van der Waals surface area contributed by atoms with Crippen molar-refractivity contribution in [2.24, 2.45) is 11.7 Å². The van der Waals surface area contributed by atoms with Crippen LogP contribution in [0, 0.1) is 5.92 Å². The van der Waals surface area contributed by atoms with Crippen LogP contribution in [0.5, 0.6) is 5.75 Å². The lowest BCUT2D eigenvalue weighted by Gasteiger charge is -2.30. The fourth-order valence-corrected chi connectivity index (χ4v) is 4.17. The molecule has 0 aromatic heterocycles. The van der Waals surface area contributed by atoms with E-state index in [2.05, 4.69) is 22.3 Å². The number of nitrogens with two attached hydrogens (primary N) is 1. The van der Waals surface area contributed by atoms with E-state index in [4.69, 9.17) is 10.5 Å². The van der Waals surface area contributed by atoms with Crippen molar-refractivity contribution in [3.05, 3.63) is 29.8 Å². The molecule has 1 saturated carbocycles. The molecule has 1 amide bonds. The summed E-state index contributed by atoms with van der Waals surface area (Å²) in [6.45, 7) is 2.83. The van der Waals surface area contributed by atoms with E-state index in [1.807, 2.05) is 12.1 Å². The van der Waals surface area contributed by atoms with Crippen molar-refractivity contribution in [3.63, 3.8) is 0 Å². The van der Waals surface area contributed by atoms with Gasteiger partial charge < -0.3 is 15.8 Å². The molecular formula is C20H33Cl2N3O2.